The molecule has 0 aliphatic heterocycles. The van der Waals surface area contributed by atoms with E-state index < -0.39 is 0 Å². The molecular weight excluding hydrogens is 498 g/mol. The van der Waals surface area contributed by atoms with E-state index in [0.29, 0.717) is 0 Å². The van der Waals surface area contributed by atoms with E-state index in [2.05, 4.69) is 31.2 Å². The van der Waals surface area contributed by atoms with Crippen molar-refractivity contribution in [3.8, 4) is 0 Å². The van der Waals surface area contributed by atoms with Crippen molar-refractivity contribution in [3.05, 3.63) is 47.8 Å². The Morgan fingerprint density at radius 3 is 2.72 bits per heavy atom. The molecule has 1 N–H and O–H groups in total. The number of nitrogens with one attached hydrogen (secondary N) is 1. The van der Waals surface area contributed by atoms with Gasteiger partial charge in [0, 0.05) is 0 Å². The van der Waals surface area contributed by atoms with Gasteiger partial charge in [-0.15, -0.1) is 0 Å². The van der Waals surface area contributed by atoms with Crippen LogP contribution in [0.25, 0.3) is 16.6 Å². The maximum atomic E-state index is 7.07. The summed E-state index contributed by atoms with van der Waals surface area (Å²) in [5, 5.41) is 8.45. The first kappa shape index (κ1) is 17.3. The Morgan fingerprint density at radius 1 is 1.28 bits per heavy atom. The van der Waals surface area contributed by atoms with Crippen molar-refractivity contribution in [2.75, 3.05) is 0 Å². The van der Waals surface area contributed by atoms with Gasteiger partial charge in [0.2, 0.25) is 0 Å². The molecule has 0 aliphatic rings. The van der Waals surface area contributed by atoms with Gasteiger partial charge < -0.3 is 12.4 Å². The molecule has 18 heavy (non-hydrogen) atoms. The number of aromatic nitrogens is 1. The minimum Gasteiger partial charge on any atom is 2.00 e. The van der Waals surface area contributed by atoms with Gasteiger partial charge in [-0.1, -0.05) is 0 Å². The minimum atomic E-state index is 0. The average Bonchev–Trinajstić information content (AvgIpc) is 2.29. The van der Waals surface area contributed by atoms with Gasteiger partial charge >= 0.3 is 122 Å². The van der Waals surface area contributed by atoms with Crippen LogP contribution in [0.4, 0.5) is 0 Å². The Kier molecular flexibility index (Phi) is 8.04. The zero-order valence-corrected chi connectivity index (χ0v) is 13.7. The number of rotatable bonds is 2. The predicted octanol–water partition coefficient (Wildman–Crippen LogP) is -0.853. The van der Waals surface area contributed by atoms with Gasteiger partial charge in [0.15, 0.2) is 0 Å². The summed E-state index contributed by atoms with van der Waals surface area (Å²) in [7, 11) is 0. The van der Waals surface area contributed by atoms with Crippen LogP contribution in [0.15, 0.2) is 46.7 Å². The molecule has 7 heteroatoms. The van der Waals surface area contributed by atoms with Crippen LogP contribution in [0, 0.1) is 0 Å². The molecule has 0 fully saturated rings. The summed E-state index contributed by atoms with van der Waals surface area (Å²) in [5.74, 6) is 0. The van der Waals surface area contributed by atoms with Gasteiger partial charge in [0.25, 0.3) is 0 Å². The van der Waals surface area contributed by atoms with Crippen LogP contribution in [-0.2, 0) is 21.1 Å². The predicted molar refractivity (Wildman–Crippen MR) is 66.8 cm³/mol. The van der Waals surface area contributed by atoms with E-state index in [0.717, 1.165) is 16.5 Å². The van der Waals surface area contributed by atoms with Crippen LogP contribution in [0.5, 0.6) is 0 Å². The van der Waals surface area contributed by atoms with Crippen molar-refractivity contribution in [1.29, 1.82) is 0 Å². The standard InChI is InChI=1S/C11H8N4Se.ClH.Pt/c12-11(16)15-14-7-9-4-1-3-8-5-2-6-13-10(8)9;;/h1-7H,(H-,12,15);1H;/q-1;;+2/p-1/b14-7+;;. The zero-order chi connectivity index (χ0) is 11.4. The molecule has 0 saturated heterocycles. The first-order chi connectivity index (χ1) is 7.77. The van der Waals surface area contributed by atoms with Crippen molar-refractivity contribution in [2.45, 2.75) is 0 Å². The van der Waals surface area contributed by atoms with Crippen LogP contribution in [0.2, 0.25) is 0 Å². The van der Waals surface area contributed by atoms with Crippen LogP contribution >= 0.6 is 0 Å². The van der Waals surface area contributed by atoms with Gasteiger partial charge in [-0.05, 0) is 0 Å². The van der Waals surface area contributed by atoms with Gasteiger partial charge in [-0.2, -0.15) is 0 Å². The zero-order valence-electron chi connectivity index (χ0n) is 8.99. The van der Waals surface area contributed by atoms with E-state index >= 15 is 0 Å². The summed E-state index contributed by atoms with van der Waals surface area (Å²) >= 11 is 2.45. The molecule has 95 valence electrons. The fourth-order valence-electron chi connectivity index (χ4n) is 1.38. The van der Waals surface area contributed by atoms with E-state index in [-0.39, 0.29) is 38.2 Å². The van der Waals surface area contributed by atoms with Crippen molar-refractivity contribution in [2.24, 2.45) is 10.2 Å². The summed E-state index contributed by atoms with van der Waals surface area (Å²) in [4.78, 5) is 4.28. The number of para-hydroxylation sites is 1. The first-order valence-corrected chi connectivity index (χ1v) is 5.46. The Labute approximate surface area is 134 Å². The molecule has 2 rings (SSSR count). The summed E-state index contributed by atoms with van der Waals surface area (Å²) in [6, 6.07) is 9.73. The summed E-state index contributed by atoms with van der Waals surface area (Å²) in [6.07, 6.45) is 3.34. The third kappa shape index (κ3) is 4.50. The molecule has 1 radical (unpaired) electrons. The third-order valence-electron chi connectivity index (χ3n) is 2.01. The van der Waals surface area contributed by atoms with Gasteiger partial charge in [0.1, 0.15) is 0 Å². The van der Waals surface area contributed by atoms with Crippen LogP contribution in [-0.4, -0.2) is 31.9 Å². The SMILES string of the molecule is [Cl-].[NH-]/C([Se])=N/N=C/c1cccc2cccnc12.[Pt+2]. The number of amidine groups is 1. The Bertz CT molecular complexity index is 564. The smallest absolute Gasteiger partial charge is 2.00 e. The molecule has 0 bridgehead atoms. The number of benzene rings is 1. The Morgan fingerprint density at radius 2 is 2.00 bits per heavy atom. The van der Waals surface area contributed by atoms with Crippen LogP contribution < -0.4 is 12.4 Å². The molecule has 0 unspecified atom stereocenters. The molecular formula is C11H8ClN4PtSe. The number of halogens is 1. The number of nitrogens with zero attached hydrogens (tertiary/aromatic N) is 3. The van der Waals surface area contributed by atoms with Gasteiger partial charge in [0.05, 0.1) is 0 Å². The van der Waals surface area contributed by atoms with E-state index in [9.17, 15) is 0 Å². The molecule has 0 atom stereocenters. The summed E-state index contributed by atoms with van der Waals surface area (Å²) < 4.78 is 0.0597. The monoisotopic (exact) mass is 506 g/mol. The topological polar surface area (TPSA) is 61.4 Å². The van der Waals surface area contributed by atoms with Gasteiger partial charge in [-0.3, -0.25) is 0 Å². The second-order valence-corrected chi connectivity index (χ2v) is 3.88. The fourth-order valence-corrected chi connectivity index (χ4v) is 1.47. The maximum absolute atomic E-state index is 7.07. The second-order valence-electron chi connectivity index (χ2n) is 3.07. The molecule has 0 spiro atoms. The van der Waals surface area contributed by atoms with Gasteiger partial charge in [-0.25, -0.2) is 0 Å². The fraction of sp³-hybridized carbons (Fsp3) is 0. The van der Waals surface area contributed by atoms with E-state index in [1.807, 2.05) is 30.3 Å². The van der Waals surface area contributed by atoms with Crippen molar-refractivity contribution in [1.82, 2.24) is 4.98 Å². The van der Waals surface area contributed by atoms with Crippen LogP contribution in [0.3, 0.4) is 0 Å². The summed E-state index contributed by atoms with van der Waals surface area (Å²) in [6.45, 7) is 0. The molecule has 2 aromatic rings. The molecule has 0 amide bonds. The first-order valence-electron chi connectivity index (χ1n) is 4.61. The third-order valence-corrected chi connectivity index (χ3v) is 2.18. The van der Waals surface area contributed by atoms with Crippen molar-refractivity contribution in [3.63, 3.8) is 0 Å². The Hall–Kier alpha value is -0.732. The molecule has 1 heterocycles. The van der Waals surface area contributed by atoms with E-state index in [4.69, 9.17) is 5.73 Å². The molecule has 4 nitrogen and oxygen atoms in total. The van der Waals surface area contributed by atoms with Crippen molar-refractivity contribution < 1.29 is 33.5 Å². The molecule has 1 aromatic carbocycles. The molecule has 0 aliphatic carbocycles. The second kappa shape index (κ2) is 8.38. The minimum absolute atomic E-state index is 0. The number of fused-ring (bicyclic) bond motifs is 1. The Balaban J connectivity index is 0.00000144. The largest absolute Gasteiger partial charge is 2.00 e. The van der Waals surface area contributed by atoms with Crippen molar-refractivity contribution >= 4 is 37.9 Å². The quantitative estimate of drug-likeness (QED) is 0.227. The van der Waals surface area contributed by atoms with E-state index in [1.54, 1.807) is 12.4 Å². The molecule has 0 saturated carbocycles. The number of hydrogen-bond acceptors (Lipinski definition) is 3. The summed E-state index contributed by atoms with van der Waals surface area (Å²) in [5.41, 5.74) is 8.85. The number of hydrogen-bond donors (Lipinski definition) is 0. The molecule has 1 aromatic heterocycles. The maximum Gasteiger partial charge on any atom is 2.00 e. The normalized spacial score (nSPS) is 11.0. The average molecular weight is 506 g/mol. The number of pyridine rings is 1. The van der Waals surface area contributed by atoms with Crippen LogP contribution in [0.1, 0.15) is 5.56 Å². The van der Waals surface area contributed by atoms with E-state index in [1.165, 1.54) is 0 Å².